The quantitative estimate of drug-likeness (QED) is 0.457. The van der Waals surface area contributed by atoms with Crippen LogP contribution in [0.4, 0.5) is 5.82 Å². The largest absolute Gasteiger partial charge is 0.307 e. The average Bonchev–Trinajstić information content (AvgIpc) is 2.82. The normalized spacial score (nSPS) is 11.6. The fourth-order valence-corrected chi connectivity index (χ4v) is 3.17. The molecule has 0 saturated carbocycles. The molecule has 5 N–H and O–H groups in total. The van der Waals surface area contributed by atoms with Crippen LogP contribution in [0.25, 0.3) is 0 Å². The van der Waals surface area contributed by atoms with E-state index in [1.165, 1.54) is 12.3 Å². The molecular weight excluding hydrogens is 348 g/mol. The van der Waals surface area contributed by atoms with Gasteiger partial charge in [-0.1, -0.05) is 0 Å². The molecule has 0 fully saturated rings. The maximum Gasteiger partial charge on any atom is 0.244 e. The van der Waals surface area contributed by atoms with Crippen LogP contribution in [0, 0.1) is 6.92 Å². The number of aromatic amines is 1. The van der Waals surface area contributed by atoms with Gasteiger partial charge in [-0.05, 0) is 28.9 Å². The van der Waals surface area contributed by atoms with Crippen LogP contribution in [0.1, 0.15) is 11.3 Å². The summed E-state index contributed by atoms with van der Waals surface area (Å²) in [5, 5.41) is 6.57. The lowest BCUT2D eigenvalue weighted by molar-refractivity contribution is 0.581. The minimum Gasteiger partial charge on any atom is -0.307 e. The average molecular weight is 361 g/mol. The number of pyridine rings is 1. The summed E-state index contributed by atoms with van der Waals surface area (Å²) in [5.74, 6) is 5.35. The number of hydrogen-bond donors (Lipinski definition) is 4. The van der Waals surface area contributed by atoms with E-state index in [-0.39, 0.29) is 17.3 Å². The second-order valence-corrected chi connectivity index (χ2v) is 6.64. The highest BCUT2D eigenvalue weighted by Crippen LogP contribution is 2.22. The Morgan fingerprint density at radius 3 is 2.80 bits per heavy atom. The molecule has 108 valence electrons. The Kier molecular flexibility index (Phi) is 4.38. The number of nitrogens with zero attached hydrogens (tertiary/aromatic N) is 2. The number of nitrogens with one attached hydrogen (secondary N) is 3. The Labute approximate surface area is 124 Å². The number of H-pyrrole nitrogens is 1. The first-order valence-corrected chi connectivity index (χ1v) is 7.82. The van der Waals surface area contributed by atoms with Crippen molar-refractivity contribution in [2.75, 3.05) is 5.43 Å². The van der Waals surface area contributed by atoms with E-state index < -0.39 is 10.0 Å². The number of halogens is 1. The molecule has 0 aromatic carbocycles. The van der Waals surface area contributed by atoms with Gasteiger partial charge in [-0.3, -0.25) is 5.10 Å². The Balaban J connectivity index is 2.26. The van der Waals surface area contributed by atoms with E-state index in [9.17, 15) is 8.42 Å². The standard InChI is InChI=1S/C10H13BrN6O2S/c1-6-7(3-14-17-6)4-15-20(18,19)9-2-8(11)5-13-10(9)16-12/h2-3,5,15H,4,12H2,1H3,(H,13,16)(H,14,17). The van der Waals surface area contributed by atoms with Gasteiger partial charge < -0.3 is 5.43 Å². The highest BCUT2D eigenvalue weighted by molar-refractivity contribution is 9.10. The fraction of sp³-hybridized carbons (Fsp3) is 0.200. The van der Waals surface area contributed by atoms with E-state index in [2.05, 4.69) is 41.3 Å². The number of nitrogen functional groups attached to an aromatic ring is 1. The van der Waals surface area contributed by atoms with Crippen LogP contribution < -0.4 is 16.0 Å². The van der Waals surface area contributed by atoms with Gasteiger partial charge in [0.05, 0.1) is 6.20 Å². The van der Waals surface area contributed by atoms with E-state index in [0.717, 1.165) is 11.3 Å². The van der Waals surface area contributed by atoms with Crippen LogP contribution in [0.3, 0.4) is 0 Å². The van der Waals surface area contributed by atoms with Gasteiger partial charge in [0.1, 0.15) is 4.90 Å². The lowest BCUT2D eigenvalue weighted by atomic mass is 10.3. The fourth-order valence-electron chi connectivity index (χ4n) is 1.54. The molecule has 0 spiro atoms. The summed E-state index contributed by atoms with van der Waals surface area (Å²) in [4.78, 5) is 3.87. The zero-order valence-electron chi connectivity index (χ0n) is 10.5. The van der Waals surface area contributed by atoms with Crippen LogP contribution in [-0.2, 0) is 16.6 Å². The Hall–Kier alpha value is -1.49. The third-order valence-corrected chi connectivity index (χ3v) is 4.48. The van der Waals surface area contributed by atoms with Crippen molar-refractivity contribution in [2.45, 2.75) is 18.4 Å². The Morgan fingerprint density at radius 1 is 1.45 bits per heavy atom. The molecule has 0 amide bonds. The number of aryl methyl sites for hydroxylation is 1. The second-order valence-electron chi connectivity index (χ2n) is 3.99. The summed E-state index contributed by atoms with van der Waals surface area (Å²) in [5.41, 5.74) is 3.83. The Bertz CT molecular complexity index is 714. The van der Waals surface area contributed by atoms with Crippen LogP contribution in [-0.4, -0.2) is 23.6 Å². The topological polar surface area (TPSA) is 126 Å². The molecule has 2 aromatic heterocycles. The maximum atomic E-state index is 12.3. The van der Waals surface area contributed by atoms with Crippen molar-refractivity contribution in [3.05, 3.63) is 34.2 Å². The molecule has 0 bridgehead atoms. The van der Waals surface area contributed by atoms with Crippen molar-refractivity contribution in [1.82, 2.24) is 19.9 Å². The van der Waals surface area contributed by atoms with Gasteiger partial charge in [-0.15, -0.1) is 0 Å². The van der Waals surface area contributed by atoms with Crippen LogP contribution >= 0.6 is 15.9 Å². The van der Waals surface area contributed by atoms with Crippen LogP contribution in [0.15, 0.2) is 27.8 Å². The summed E-state index contributed by atoms with van der Waals surface area (Å²) >= 11 is 3.18. The molecule has 0 aliphatic rings. The molecular formula is C10H13BrN6O2S. The third kappa shape index (κ3) is 3.15. The summed E-state index contributed by atoms with van der Waals surface area (Å²) in [6, 6.07) is 1.42. The molecule has 2 aromatic rings. The summed E-state index contributed by atoms with van der Waals surface area (Å²) in [6.07, 6.45) is 3.02. The van der Waals surface area contributed by atoms with Gasteiger partial charge in [-0.2, -0.15) is 5.10 Å². The summed E-state index contributed by atoms with van der Waals surface area (Å²) in [6.45, 7) is 1.94. The first kappa shape index (κ1) is 14.9. The van der Waals surface area contributed by atoms with Gasteiger partial charge in [0, 0.05) is 28.5 Å². The number of aromatic nitrogens is 3. The molecule has 0 unspecified atom stereocenters. The van der Waals surface area contributed by atoms with E-state index >= 15 is 0 Å². The predicted octanol–water partition coefficient (Wildman–Crippen LogP) is 0.640. The maximum absolute atomic E-state index is 12.3. The molecule has 0 saturated heterocycles. The summed E-state index contributed by atoms with van der Waals surface area (Å²) in [7, 11) is -3.75. The number of rotatable bonds is 5. The molecule has 2 heterocycles. The van der Waals surface area contributed by atoms with Crippen molar-refractivity contribution >= 4 is 31.8 Å². The van der Waals surface area contributed by atoms with Gasteiger partial charge in [0.15, 0.2) is 5.82 Å². The molecule has 20 heavy (non-hydrogen) atoms. The van der Waals surface area contributed by atoms with Gasteiger partial charge >= 0.3 is 0 Å². The highest BCUT2D eigenvalue weighted by atomic mass is 79.9. The minimum atomic E-state index is -3.75. The van der Waals surface area contributed by atoms with Crippen molar-refractivity contribution in [1.29, 1.82) is 0 Å². The van der Waals surface area contributed by atoms with E-state index in [4.69, 9.17) is 5.84 Å². The zero-order chi connectivity index (χ0) is 14.8. The Morgan fingerprint density at radius 2 is 2.20 bits per heavy atom. The van der Waals surface area contributed by atoms with Crippen LogP contribution in [0.2, 0.25) is 0 Å². The summed E-state index contributed by atoms with van der Waals surface area (Å²) < 4.78 is 27.6. The van der Waals surface area contributed by atoms with E-state index in [0.29, 0.717) is 4.47 Å². The lowest BCUT2D eigenvalue weighted by Crippen LogP contribution is -2.25. The first-order valence-electron chi connectivity index (χ1n) is 5.54. The number of anilines is 1. The van der Waals surface area contributed by atoms with Crippen molar-refractivity contribution in [2.24, 2.45) is 5.84 Å². The van der Waals surface area contributed by atoms with Gasteiger partial charge in [0.2, 0.25) is 10.0 Å². The van der Waals surface area contributed by atoms with Gasteiger partial charge in [0.25, 0.3) is 0 Å². The van der Waals surface area contributed by atoms with E-state index in [1.54, 1.807) is 6.20 Å². The second kappa shape index (κ2) is 5.87. The smallest absolute Gasteiger partial charge is 0.244 e. The molecule has 0 radical (unpaired) electrons. The molecule has 0 aliphatic heterocycles. The van der Waals surface area contributed by atoms with Crippen molar-refractivity contribution in [3.63, 3.8) is 0 Å². The molecule has 0 aliphatic carbocycles. The molecule has 0 atom stereocenters. The van der Waals surface area contributed by atoms with Crippen LogP contribution in [0.5, 0.6) is 0 Å². The van der Waals surface area contributed by atoms with Crippen molar-refractivity contribution < 1.29 is 8.42 Å². The number of hydrazine groups is 1. The SMILES string of the molecule is Cc1[nH]ncc1CNS(=O)(=O)c1cc(Br)cnc1NN. The van der Waals surface area contributed by atoms with Crippen molar-refractivity contribution in [3.8, 4) is 0 Å². The zero-order valence-corrected chi connectivity index (χ0v) is 12.9. The van der Waals surface area contributed by atoms with E-state index in [1.807, 2.05) is 6.92 Å². The number of sulfonamides is 1. The van der Waals surface area contributed by atoms with Gasteiger partial charge in [-0.25, -0.2) is 24.0 Å². The monoisotopic (exact) mass is 360 g/mol. The first-order chi connectivity index (χ1) is 9.44. The predicted molar refractivity (Wildman–Crippen MR) is 77.1 cm³/mol. The number of nitrogens with two attached hydrogens (primary N) is 1. The molecule has 10 heteroatoms. The lowest BCUT2D eigenvalue weighted by Gasteiger charge is -2.10. The molecule has 2 rings (SSSR count). The number of hydrogen-bond acceptors (Lipinski definition) is 6. The highest BCUT2D eigenvalue weighted by Gasteiger charge is 2.20. The minimum absolute atomic E-state index is 0.0319. The molecule has 8 nitrogen and oxygen atoms in total. The third-order valence-electron chi connectivity index (χ3n) is 2.63.